The molecule has 28 heavy (non-hydrogen) atoms. The molecular formula is C21H26N4O3. The summed E-state index contributed by atoms with van der Waals surface area (Å²) in [5.74, 6) is 0. The molecule has 7 nitrogen and oxygen atoms in total. The van der Waals surface area contributed by atoms with Crippen LogP contribution in [0.3, 0.4) is 0 Å². The fraction of sp³-hybridized carbons (Fsp3) is 0.524. The summed E-state index contributed by atoms with van der Waals surface area (Å²) >= 11 is 0. The number of nitriles is 1. The first-order valence-corrected chi connectivity index (χ1v) is 9.66. The SMILES string of the molecule is COC1CN(c2ccc3[nH]c(=O)c(C#N)c(N4CCC(C)(OC)CC4)c3c2)C1. The minimum absolute atomic E-state index is 0.154. The Kier molecular flexibility index (Phi) is 4.77. The summed E-state index contributed by atoms with van der Waals surface area (Å²) < 4.78 is 11.0. The van der Waals surface area contributed by atoms with Crippen molar-refractivity contribution in [1.29, 1.82) is 5.26 Å². The molecule has 1 aromatic carbocycles. The number of fused-ring (bicyclic) bond motifs is 1. The predicted molar refractivity (Wildman–Crippen MR) is 109 cm³/mol. The fourth-order valence-corrected chi connectivity index (χ4v) is 4.10. The number of nitrogens with one attached hydrogen (secondary N) is 1. The maximum absolute atomic E-state index is 12.5. The van der Waals surface area contributed by atoms with Gasteiger partial charge in [-0.3, -0.25) is 4.79 Å². The number of anilines is 2. The van der Waals surface area contributed by atoms with E-state index in [0.29, 0.717) is 0 Å². The molecule has 2 saturated heterocycles. The number of methoxy groups -OCH3 is 2. The van der Waals surface area contributed by atoms with E-state index in [9.17, 15) is 10.1 Å². The van der Waals surface area contributed by atoms with Crippen LogP contribution in [-0.2, 0) is 9.47 Å². The first-order chi connectivity index (χ1) is 13.5. The lowest BCUT2D eigenvalue weighted by atomic mass is 9.92. The van der Waals surface area contributed by atoms with E-state index in [-0.39, 0.29) is 22.8 Å². The van der Waals surface area contributed by atoms with E-state index in [1.54, 1.807) is 14.2 Å². The van der Waals surface area contributed by atoms with Crippen LogP contribution in [0.5, 0.6) is 0 Å². The molecule has 1 aromatic heterocycles. The molecule has 2 aliphatic rings. The lowest BCUT2D eigenvalue weighted by molar-refractivity contribution is -0.0132. The second-order valence-corrected chi connectivity index (χ2v) is 7.92. The second-order valence-electron chi connectivity index (χ2n) is 7.92. The summed E-state index contributed by atoms with van der Waals surface area (Å²) in [5, 5.41) is 10.6. The smallest absolute Gasteiger partial charge is 0.268 e. The van der Waals surface area contributed by atoms with E-state index in [0.717, 1.165) is 61.3 Å². The van der Waals surface area contributed by atoms with E-state index in [1.165, 1.54) is 0 Å². The van der Waals surface area contributed by atoms with E-state index >= 15 is 0 Å². The van der Waals surface area contributed by atoms with E-state index < -0.39 is 0 Å². The van der Waals surface area contributed by atoms with Gasteiger partial charge in [0.15, 0.2) is 0 Å². The van der Waals surface area contributed by atoms with Gasteiger partial charge in [-0.05, 0) is 38.0 Å². The van der Waals surface area contributed by atoms with Crippen molar-refractivity contribution in [2.75, 3.05) is 50.2 Å². The highest BCUT2D eigenvalue weighted by Gasteiger charge is 2.32. The van der Waals surface area contributed by atoms with Crippen molar-refractivity contribution in [3.8, 4) is 6.07 Å². The number of rotatable bonds is 4. The van der Waals surface area contributed by atoms with Crippen molar-refractivity contribution in [2.45, 2.75) is 31.5 Å². The van der Waals surface area contributed by atoms with Gasteiger partial charge >= 0.3 is 0 Å². The molecule has 2 aromatic rings. The summed E-state index contributed by atoms with van der Waals surface area (Å²) in [6, 6.07) is 8.15. The molecule has 148 valence electrons. The third-order valence-electron chi connectivity index (χ3n) is 6.26. The molecule has 0 bridgehead atoms. The average molecular weight is 382 g/mol. The van der Waals surface area contributed by atoms with Gasteiger partial charge in [-0.2, -0.15) is 5.26 Å². The van der Waals surface area contributed by atoms with Gasteiger partial charge in [0.05, 0.1) is 22.9 Å². The van der Waals surface area contributed by atoms with Crippen LogP contribution in [0.2, 0.25) is 0 Å². The molecule has 4 rings (SSSR count). The number of aromatic nitrogens is 1. The molecule has 0 radical (unpaired) electrons. The number of benzene rings is 1. The minimum Gasteiger partial charge on any atom is -0.378 e. The maximum atomic E-state index is 12.5. The Bertz CT molecular complexity index is 980. The number of piperidine rings is 1. The van der Waals surface area contributed by atoms with Crippen molar-refractivity contribution < 1.29 is 9.47 Å². The highest BCUT2D eigenvalue weighted by molar-refractivity contribution is 5.96. The van der Waals surface area contributed by atoms with Crippen molar-refractivity contribution in [3.63, 3.8) is 0 Å². The van der Waals surface area contributed by atoms with Crippen molar-refractivity contribution in [2.24, 2.45) is 0 Å². The Labute approximate surface area is 164 Å². The number of nitrogens with zero attached hydrogens (tertiary/aromatic N) is 3. The summed E-state index contributed by atoms with van der Waals surface area (Å²) in [6.45, 7) is 5.30. The molecule has 3 heterocycles. The zero-order valence-electron chi connectivity index (χ0n) is 16.6. The molecule has 0 aliphatic carbocycles. The molecule has 1 N–H and O–H groups in total. The first-order valence-electron chi connectivity index (χ1n) is 9.66. The number of H-pyrrole nitrogens is 1. The summed E-state index contributed by atoms with van der Waals surface area (Å²) in [6.07, 6.45) is 1.96. The van der Waals surface area contributed by atoms with E-state index in [1.807, 2.05) is 12.1 Å². The van der Waals surface area contributed by atoms with Crippen LogP contribution in [0.15, 0.2) is 23.0 Å². The van der Waals surface area contributed by atoms with Gasteiger partial charge in [0.25, 0.3) is 5.56 Å². The van der Waals surface area contributed by atoms with Gasteiger partial charge in [0.2, 0.25) is 0 Å². The quantitative estimate of drug-likeness (QED) is 0.873. The van der Waals surface area contributed by atoms with Gasteiger partial charge in [0, 0.05) is 51.5 Å². The van der Waals surface area contributed by atoms with Gasteiger partial charge in [0.1, 0.15) is 11.6 Å². The number of hydrogen-bond acceptors (Lipinski definition) is 6. The Morgan fingerprint density at radius 1 is 1.21 bits per heavy atom. The number of ether oxygens (including phenoxy) is 2. The molecule has 7 heteroatoms. The van der Waals surface area contributed by atoms with Crippen molar-refractivity contribution in [1.82, 2.24) is 4.98 Å². The zero-order chi connectivity index (χ0) is 19.9. The topological polar surface area (TPSA) is 81.6 Å². The zero-order valence-corrected chi connectivity index (χ0v) is 16.6. The fourth-order valence-electron chi connectivity index (χ4n) is 4.10. The van der Waals surface area contributed by atoms with E-state index in [4.69, 9.17) is 9.47 Å². The molecular weight excluding hydrogens is 356 g/mol. The Morgan fingerprint density at radius 2 is 1.93 bits per heavy atom. The van der Waals surface area contributed by atoms with Crippen LogP contribution in [0.4, 0.5) is 11.4 Å². The Balaban J connectivity index is 1.77. The van der Waals surface area contributed by atoms with Crippen LogP contribution in [0.25, 0.3) is 10.9 Å². The standard InChI is InChI=1S/C21H26N4O3/c1-21(28-3)6-8-24(9-7-21)19-16-10-14(25-12-15(13-25)27-2)4-5-18(16)23-20(26)17(19)11-22/h4-5,10,15H,6-9,12-13H2,1-3H3,(H,23,26). The van der Waals surface area contributed by atoms with Crippen LogP contribution in [-0.4, -0.2) is 57.1 Å². The van der Waals surface area contributed by atoms with Gasteiger partial charge < -0.3 is 24.3 Å². The number of hydrogen-bond donors (Lipinski definition) is 1. The summed E-state index contributed by atoms with van der Waals surface area (Å²) in [5.41, 5.74) is 2.27. The summed E-state index contributed by atoms with van der Waals surface area (Å²) in [7, 11) is 3.47. The van der Waals surface area contributed by atoms with Gasteiger partial charge in [-0.25, -0.2) is 0 Å². The van der Waals surface area contributed by atoms with Crippen LogP contribution in [0, 0.1) is 11.3 Å². The highest BCUT2D eigenvalue weighted by Crippen LogP contribution is 2.35. The molecule has 0 saturated carbocycles. The minimum atomic E-state index is -0.332. The van der Waals surface area contributed by atoms with Gasteiger partial charge in [-0.1, -0.05) is 0 Å². The van der Waals surface area contributed by atoms with E-state index in [2.05, 4.69) is 33.8 Å². The molecule has 0 unspecified atom stereocenters. The van der Waals surface area contributed by atoms with Crippen LogP contribution < -0.4 is 15.4 Å². The lowest BCUT2D eigenvalue weighted by Gasteiger charge is -2.41. The molecule has 0 amide bonds. The number of aromatic amines is 1. The summed E-state index contributed by atoms with van der Waals surface area (Å²) in [4.78, 5) is 19.8. The highest BCUT2D eigenvalue weighted by atomic mass is 16.5. The van der Waals surface area contributed by atoms with Gasteiger partial charge in [-0.15, -0.1) is 0 Å². The molecule has 2 fully saturated rings. The molecule has 2 aliphatic heterocycles. The third-order valence-corrected chi connectivity index (χ3v) is 6.26. The first kappa shape index (κ1) is 18.8. The monoisotopic (exact) mass is 382 g/mol. The second kappa shape index (κ2) is 7.12. The number of pyridine rings is 1. The third kappa shape index (κ3) is 3.13. The van der Waals surface area contributed by atoms with Crippen LogP contribution in [0.1, 0.15) is 25.3 Å². The Morgan fingerprint density at radius 3 is 2.54 bits per heavy atom. The molecule has 0 spiro atoms. The normalized spacial score (nSPS) is 19.5. The van der Waals surface area contributed by atoms with Crippen molar-refractivity contribution in [3.05, 3.63) is 34.1 Å². The maximum Gasteiger partial charge on any atom is 0.268 e. The Hall–Kier alpha value is -2.56. The largest absolute Gasteiger partial charge is 0.378 e. The predicted octanol–water partition coefficient (Wildman–Crippen LogP) is 2.24. The van der Waals surface area contributed by atoms with Crippen LogP contribution >= 0.6 is 0 Å². The molecule has 0 atom stereocenters. The van der Waals surface area contributed by atoms with Crippen molar-refractivity contribution >= 4 is 22.3 Å². The average Bonchev–Trinajstić information content (AvgIpc) is 2.67. The lowest BCUT2D eigenvalue weighted by Crippen LogP contribution is -2.51.